The van der Waals surface area contributed by atoms with Crippen molar-refractivity contribution in [3.8, 4) is 0 Å². The predicted molar refractivity (Wildman–Crippen MR) is 104 cm³/mol. The van der Waals surface area contributed by atoms with E-state index in [2.05, 4.69) is 20.8 Å². The molecule has 0 aliphatic heterocycles. The predicted octanol–water partition coefficient (Wildman–Crippen LogP) is 4.81. The average Bonchev–Trinajstić information content (AvgIpc) is 2.97. The highest BCUT2D eigenvalue weighted by Crippen LogP contribution is 2.66. The molecule has 0 saturated heterocycles. The summed E-state index contributed by atoms with van der Waals surface area (Å²) >= 11 is 0. The van der Waals surface area contributed by atoms with Gasteiger partial charge in [0.05, 0.1) is 18.3 Å². The third-order valence-electron chi connectivity index (χ3n) is 9.40. The first-order chi connectivity index (χ1) is 12.4. The molecular weight excluding hydrogens is 324 g/mol. The summed E-state index contributed by atoms with van der Waals surface area (Å²) < 4.78 is 12.0. The first kappa shape index (κ1) is 19.2. The molecule has 0 spiro atoms. The first-order valence-corrected chi connectivity index (χ1v) is 11.3. The molecule has 9 atom stereocenters. The fraction of sp³-hybridized carbons (Fsp3) is 1.00. The molecule has 4 aliphatic carbocycles. The number of aliphatic hydroxyl groups excluding tert-OH is 1. The number of ether oxygens (including phenoxy) is 2. The largest absolute Gasteiger partial charge is 0.390 e. The Morgan fingerprint density at radius 3 is 2.50 bits per heavy atom. The van der Waals surface area contributed by atoms with Crippen LogP contribution in [0.15, 0.2) is 0 Å². The summed E-state index contributed by atoms with van der Waals surface area (Å²) in [5.41, 5.74) is 0.748. The van der Waals surface area contributed by atoms with Crippen molar-refractivity contribution in [1.82, 2.24) is 0 Å². The van der Waals surface area contributed by atoms with Crippen molar-refractivity contribution in [2.75, 3.05) is 13.7 Å². The second kappa shape index (κ2) is 7.04. The van der Waals surface area contributed by atoms with Crippen LogP contribution >= 0.6 is 0 Å². The highest BCUT2D eigenvalue weighted by molar-refractivity contribution is 5.10. The smallest absolute Gasteiger partial charge is 0.0839 e. The van der Waals surface area contributed by atoms with Gasteiger partial charge in [0, 0.05) is 13.7 Å². The molecule has 0 aromatic heterocycles. The van der Waals surface area contributed by atoms with E-state index in [4.69, 9.17) is 9.47 Å². The number of fused-ring (bicyclic) bond motifs is 5. The quantitative estimate of drug-likeness (QED) is 0.778. The van der Waals surface area contributed by atoms with E-state index in [0.29, 0.717) is 22.9 Å². The molecule has 0 aromatic rings. The van der Waals surface area contributed by atoms with Gasteiger partial charge in [-0.2, -0.15) is 0 Å². The molecule has 0 radical (unpaired) electrons. The highest BCUT2D eigenvalue weighted by Gasteiger charge is 2.61. The Morgan fingerprint density at radius 2 is 1.77 bits per heavy atom. The number of hydrogen-bond donors (Lipinski definition) is 1. The Bertz CT molecular complexity index is 508. The standard InChI is InChI=1S/C23H40O3/c1-5-12-26-20-14-23(3)15(13-19(20)24)6-7-16-17-8-9-21(25-4)22(17,2)11-10-18(16)23/h15-21,24H,5-14H2,1-4H3/t15?,16-,17-,18+,19?,20?,21?,22-,23-/m0/s1. The van der Waals surface area contributed by atoms with Gasteiger partial charge in [0.1, 0.15) is 0 Å². The van der Waals surface area contributed by atoms with Crippen LogP contribution in [-0.4, -0.2) is 37.1 Å². The van der Waals surface area contributed by atoms with Crippen LogP contribution in [0.2, 0.25) is 0 Å². The second-order valence-electron chi connectivity index (χ2n) is 10.4. The lowest BCUT2D eigenvalue weighted by Crippen LogP contribution is -2.57. The van der Waals surface area contributed by atoms with Crippen LogP contribution in [0.1, 0.15) is 78.6 Å². The minimum Gasteiger partial charge on any atom is -0.390 e. The lowest BCUT2D eigenvalue weighted by Gasteiger charge is -2.61. The maximum atomic E-state index is 10.7. The second-order valence-corrected chi connectivity index (χ2v) is 10.4. The molecular formula is C23H40O3. The zero-order valence-electron chi connectivity index (χ0n) is 17.4. The van der Waals surface area contributed by atoms with Crippen molar-refractivity contribution in [3.63, 3.8) is 0 Å². The minimum atomic E-state index is -0.255. The summed E-state index contributed by atoms with van der Waals surface area (Å²) in [4.78, 5) is 0. The maximum Gasteiger partial charge on any atom is 0.0839 e. The third-order valence-corrected chi connectivity index (χ3v) is 9.40. The Hall–Kier alpha value is -0.120. The molecule has 26 heavy (non-hydrogen) atoms. The summed E-state index contributed by atoms with van der Waals surface area (Å²) in [5.74, 6) is 3.20. The van der Waals surface area contributed by atoms with Crippen molar-refractivity contribution in [3.05, 3.63) is 0 Å². The van der Waals surface area contributed by atoms with Crippen molar-refractivity contribution in [2.45, 2.75) is 96.9 Å². The van der Waals surface area contributed by atoms with Crippen molar-refractivity contribution >= 4 is 0 Å². The van der Waals surface area contributed by atoms with Crippen molar-refractivity contribution < 1.29 is 14.6 Å². The van der Waals surface area contributed by atoms with Crippen LogP contribution < -0.4 is 0 Å². The van der Waals surface area contributed by atoms with Gasteiger partial charge in [-0.05, 0) is 92.3 Å². The van der Waals surface area contributed by atoms with E-state index in [1.54, 1.807) is 0 Å². The van der Waals surface area contributed by atoms with E-state index in [-0.39, 0.29) is 12.2 Å². The van der Waals surface area contributed by atoms with Gasteiger partial charge in [0.25, 0.3) is 0 Å². The van der Waals surface area contributed by atoms with E-state index < -0.39 is 0 Å². The molecule has 0 amide bonds. The zero-order chi connectivity index (χ0) is 18.5. The van der Waals surface area contributed by atoms with E-state index in [9.17, 15) is 5.11 Å². The van der Waals surface area contributed by atoms with E-state index in [0.717, 1.165) is 43.6 Å². The molecule has 4 fully saturated rings. The molecule has 4 rings (SSSR count). The topological polar surface area (TPSA) is 38.7 Å². The molecule has 1 N–H and O–H groups in total. The zero-order valence-corrected chi connectivity index (χ0v) is 17.4. The average molecular weight is 365 g/mol. The Morgan fingerprint density at radius 1 is 1.00 bits per heavy atom. The molecule has 0 aromatic carbocycles. The third kappa shape index (κ3) is 2.79. The summed E-state index contributed by atoms with van der Waals surface area (Å²) in [6.45, 7) is 8.01. The van der Waals surface area contributed by atoms with Crippen LogP contribution in [-0.2, 0) is 9.47 Å². The summed E-state index contributed by atoms with van der Waals surface area (Å²) in [6.07, 6.45) is 11.3. The molecule has 4 unspecified atom stereocenters. The number of rotatable bonds is 4. The molecule has 4 aliphatic rings. The van der Waals surface area contributed by atoms with Crippen LogP contribution in [0.4, 0.5) is 0 Å². The van der Waals surface area contributed by atoms with Crippen LogP contribution in [0.25, 0.3) is 0 Å². The first-order valence-electron chi connectivity index (χ1n) is 11.3. The van der Waals surface area contributed by atoms with Crippen LogP contribution in [0.5, 0.6) is 0 Å². The molecule has 3 nitrogen and oxygen atoms in total. The summed E-state index contributed by atoms with van der Waals surface area (Å²) in [6, 6.07) is 0. The van der Waals surface area contributed by atoms with Gasteiger partial charge in [-0.3, -0.25) is 0 Å². The van der Waals surface area contributed by atoms with Crippen LogP contribution in [0.3, 0.4) is 0 Å². The number of hydrogen-bond acceptors (Lipinski definition) is 3. The van der Waals surface area contributed by atoms with Gasteiger partial charge in [0.15, 0.2) is 0 Å². The SMILES string of the molecule is CCCOC1C[C@@]2(C)C(CC[C@@H]3[C@H]2CC[C@]2(C)C(OC)CC[C@@H]32)CC1O. The Labute approximate surface area is 160 Å². The van der Waals surface area contributed by atoms with E-state index in [1.807, 2.05) is 7.11 Å². The lowest BCUT2D eigenvalue weighted by atomic mass is 9.45. The van der Waals surface area contributed by atoms with Gasteiger partial charge >= 0.3 is 0 Å². The van der Waals surface area contributed by atoms with Gasteiger partial charge in [-0.25, -0.2) is 0 Å². The van der Waals surface area contributed by atoms with Gasteiger partial charge in [0.2, 0.25) is 0 Å². The monoisotopic (exact) mass is 364 g/mol. The molecule has 0 bridgehead atoms. The van der Waals surface area contributed by atoms with E-state index >= 15 is 0 Å². The fourth-order valence-electron chi connectivity index (χ4n) is 8.03. The van der Waals surface area contributed by atoms with Gasteiger partial charge in [-0.1, -0.05) is 20.8 Å². The highest BCUT2D eigenvalue weighted by atomic mass is 16.5. The number of methoxy groups -OCH3 is 1. The number of aliphatic hydroxyl groups is 1. The minimum absolute atomic E-state index is 0.0542. The van der Waals surface area contributed by atoms with Crippen molar-refractivity contribution in [1.29, 1.82) is 0 Å². The molecule has 0 heterocycles. The van der Waals surface area contributed by atoms with Crippen molar-refractivity contribution in [2.24, 2.45) is 34.5 Å². The van der Waals surface area contributed by atoms with Gasteiger partial charge < -0.3 is 14.6 Å². The Kier molecular flexibility index (Phi) is 5.20. The molecule has 3 heteroatoms. The molecule has 150 valence electrons. The van der Waals surface area contributed by atoms with Crippen LogP contribution in [0, 0.1) is 34.5 Å². The fourth-order valence-corrected chi connectivity index (χ4v) is 8.03. The lowest BCUT2D eigenvalue weighted by molar-refractivity contribution is -0.175. The summed E-state index contributed by atoms with van der Waals surface area (Å²) in [7, 11) is 1.92. The maximum absolute atomic E-state index is 10.7. The summed E-state index contributed by atoms with van der Waals surface area (Å²) in [5, 5.41) is 10.7. The Balaban J connectivity index is 1.56. The van der Waals surface area contributed by atoms with Gasteiger partial charge in [-0.15, -0.1) is 0 Å². The molecule has 4 saturated carbocycles. The van der Waals surface area contributed by atoms with E-state index in [1.165, 1.54) is 38.5 Å². The normalized spacial score (nSPS) is 53.7.